The van der Waals surface area contributed by atoms with Crippen molar-refractivity contribution in [3.8, 4) is 5.82 Å². The summed E-state index contributed by atoms with van der Waals surface area (Å²) < 4.78 is 1.78. The molecule has 1 aliphatic carbocycles. The third kappa shape index (κ3) is 2.85. The molecule has 0 bridgehead atoms. The number of imidazole rings is 1. The molecule has 5 heteroatoms. The second kappa shape index (κ2) is 5.68. The highest BCUT2D eigenvalue weighted by atomic mass is 16.1. The van der Waals surface area contributed by atoms with Crippen LogP contribution in [0.1, 0.15) is 28.3 Å². The monoisotopic (exact) mass is 304 g/mol. The van der Waals surface area contributed by atoms with Gasteiger partial charge < -0.3 is 5.32 Å². The third-order valence-corrected chi connectivity index (χ3v) is 4.11. The Morgan fingerprint density at radius 3 is 2.83 bits per heavy atom. The number of amides is 1. The minimum Gasteiger partial charge on any atom is -0.349 e. The Bertz CT molecular complexity index is 814. The van der Waals surface area contributed by atoms with Crippen LogP contribution in [0.5, 0.6) is 0 Å². The van der Waals surface area contributed by atoms with Crippen LogP contribution < -0.4 is 5.32 Å². The maximum Gasteiger partial charge on any atom is 0.251 e. The molecular weight excluding hydrogens is 288 g/mol. The van der Waals surface area contributed by atoms with Crippen LogP contribution in [0, 0.1) is 0 Å². The number of carbonyl (C=O) groups is 1. The van der Waals surface area contributed by atoms with E-state index in [9.17, 15) is 4.79 Å². The van der Waals surface area contributed by atoms with Crippen molar-refractivity contribution in [1.82, 2.24) is 19.9 Å². The molecule has 1 aromatic carbocycles. The minimum absolute atomic E-state index is 0.0582. The van der Waals surface area contributed by atoms with Crippen LogP contribution >= 0.6 is 0 Å². The van der Waals surface area contributed by atoms with Crippen molar-refractivity contribution in [1.29, 1.82) is 0 Å². The van der Waals surface area contributed by atoms with Crippen molar-refractivity contribution in [3.05, 3.63) is 78.5 Å². The van der Waals surface area contributed by atoms with Crippen LogP contribution in [-0.4, -0.2) is 26.5 Å². The molecule has 4 rings (SSSR count). The Balaban J connectivity index is 1.45. The normalized spacial score (nSPS) is 19.3. The summed E-state index contributed by atoms with van der Waals surface area (Å²) in [5, 5.41) is 3.10. The Labute approximate surface area is 134 Å². The lowest BCUT2D eigenvalue weighted by Crippen LogP contribution is -2.26. The quantitative estimate of drug-likeness (QED) is 0.806. The second-order valence-electron chi connectivity index (χ2n) is 5.71. The fraction of sp³-hybridized carbons (Fsp3) is 0.167. The maximum absolute atomic E-state index is 12.4. The van der Waals surface area contributed by atoms with Crippen LogP contribution in [0.4, 0.5) is 0 Å². The molecule has 23 heavy (non-hydrogen) atoms. The zero-order valence-corrected chi connectivity index (χ0v) is 12.5. The molecule has 1 amide bonds. The summed E-state index contributed by atoms with van der Waals surface area (Å²) in [6.45, 7) is 0. The van der Waals surface area contributed by atoms with Gasteiger partial charge in [-0.05, 0) is 24.1 Å². The van der Waals surface area contributed by atoms with E-state index >= 15 is 0 Å². The molecule has 114 valence electrons. The first-order chi connectivity index (χ1) is 11.3. The first-order valence-electron chi connectivity index (χ1n) is 7.61. The van der Waals surface area contributed by atoms with Crippen LogP contribution in [0.15, 0.2) is 67.4 Å². The number of hydrogen-bond donors (Lipinski definition) is 1. The second-order valence-corrected chi connectivity index (χ2v) is 5.71. The molecule has 3 aromatic rings. The number of benzene rings is 1. The van der Waals surface area contributed by atoms with Crippen molar-refractivity contribution >= 4 is 5.91 Å². The molecule has 0 spiro atoms. The molecule has 1 saturated carbocycles. The van der Waals surface area contributed by atoms with E-state index in [2.05, 4.69) is 27.4 Å². The molecule has 0 saturated heterocycles. The number of hydrogen-bond acceptors (Lipinski definition) is 3. The topological polar surface area (TPSA) is 59.8 Å². The number of rotatable bonds is 4. The summed E-state index contributed by atoms with van der Waals surface area (Å²) in [6, 6.07) is 14.0. The standard InChI is InChI=1S/C18H16N4O/c23-18(21-16-11-15(16)13-4-2-1-3-5-13)14-6-7-20-17(10-14)22-9-8-19-12-22/h1-10,12,15-16H,11H2,(H,21,23)/t15-,16+/m0/s1. The fourth-order valence-corrected chi connectivity index (χ4v) is 2.77. The predicted molar refractivity (Wildman–Crippen MR) is 86.4 cm³/mol. The molecule has 2 heterocycles. The van der Waals surface area contributed by atoms with Gasteiger partial charge in [-0.25, -0.2) is 9.97 Å². The highest BCUT2D eigenvalue weighted by Gasteiger charge is 2.39. The van der Waals surface area contributed by atoms with E-state index in [1.165, 1.54) is 5.56 Å². The summed E-state index contributed by atoms with van der Waals surface area (Å²) >= 11 is 0. The Morgan fingerprint density at radius 1 is 1.17 bits per heavy atom. The van der Waals surface area contributed by atoms with Gasteiger partial charge in [-0.3, -0.25) is 9.36 Å². The number of pyridine rings is 1. The van der Waals surface area contributed by atoms with E-state index in [0.29, 0.717) is 17.3 Å². The average Bonchev–Trinajstić information content (AvgIpc) is 3.14. The molecule has 2 atom stereocenters. The lowest BCUT2D eigenvalue weighted by Gasteiger charge is -2.07. The largest absolute Gasteiger partial charge is 0.349 e. The van der Waals surface area contributed by atoms with E-state index in [-0.39, 0.29) is 11.9 Å². The zero-order chi connectivity index (χ0) is 15.6. The molecule has 0 aliphatic heterocycles. The first-order valence-corrected chi connectivity index (χ1v) is 7.61. The van der Waals surface area contributed by atoms with Gasteiger partial charge >= 0.3 is 0 Å². The summed E-state index contributed by atoms with van der Waals surface area (Å²) in [5.41, 5.74) is 1.90. The number of nitrogens with zero attached hydrogens (tertiary/aromatic N) is 3. The van der Waals surface area contributed by atoms with Gasteiger partial charge in [0.2, 0.25) is 0 Å². The zero-order valence-electron chi connectivity index (χ0n) is 12.5. The van der Waals surface area contributed by atoms with Crippen molar-refractivity contribution in [3.63, 3.8) is 0 Å². The van der Waals surface area contributed by atoms with Gasteiger partial charge in [-0.15, -0.1) is 0 Å². The molecule has 2 aromatic heterocycles. The molecule has 1 fully saturated rings. The summed E-state index contributed by atoms with van der Waals surface area (Å²) in [4.78, 5) is 20.7. The molecule has 5 nitrogen and oxygen atoms in total. The smallest absolute Gasteiger partial charge is 0.251 e. The Kier molecular flexibility index (Phi) is 3.38. The summed E-state index contributed by atoms with van der Waals surface area (Å²) in [7, 11) is 0. The van der Waals surface area contributed by atoms with Gasteiger partial charge in [0.15, 0.2) is 0 Å². The van der Waals surface area contributed by atoms with Crippen LogP contribution in [0.25, 0.3) is 5.82 Å². The minimum atomic E-state index is -0.0582. The number of aromatic nitrogens is 3. The predicted octanol–water partition coefficient (Wildman–Crippen LogP) is 2.55. The SMILES string of the molecule is O=C(N[C@@H]1C[C@H]1c1ccccc1)c1ccnc(-n2ccnc2)c1. The average molecular weight is 304 g/mol. The number of carbonyl (C=O) groups excluding carboxylic acids is 1. The van der Waals surface area contributed by atoms with Crippen molar-refractivity contribution in [2.24, 2.45) is 0 Å². The fourth-order valence-electron chi connectivity index (χ4n) is 2.77. The molecular formula is C18H16N4O. The number of nitrogens with one attached hydrogen (secondary N) is 1. The Morgan fingerprint density at radius 2 is 2.04 bits per heavy atom. The van der Waals surface area contributed by atoms with Crippen LogP contribution in [0.3, 0.4) is 0 Å². The molecule has 1 aliphatic rings. The van der Waals surface area contributed by atoms with E-state index in [4.69, 9.17) is 0 Å². The summed E-state index contributed by atoms with van der Waals surface area (Å²) in [6.07, 6.45) is 7.79. The van der Waals surface area contributed by atoms with Crippen molar-refractivity contribution in [2.75, 3.05) is 0 Å². The van der Waals surface area contributed by atoms with Gasteiger partial charge in [0.25, 0.3) is 5.91 Å². The first kappa shape index (κ1) is 13.7. The summed E-state index contributed by atoms with van der Waals surface area (Å²) in [5.74, 6) is 1.05. The van der Waals surface area contributed by atoms with Gasteiger partial charge in [-0.2, -0.15) is 0 Å². The maximum atomic E-state index is 12.4. The van der Waals surface area contributed by atoms with E-state index < -0.39 is 0 Å². The van der Waals surface area contributed by atoms with Crippen LogP contribution in [-0.2, 0) is 0 Å². The van der Waals surface area contributed by atoms with Gasteiger partial charge in [-0.1, -0.05) is 30.3 Å². The molecule has 1 N–H and O–H groups in total. The van der Waals surface area contributed by atoms with Crippen molar-refractivity contribution in [2.45, 2.75) is 18.4 Å². The van der Waals surface area contributed by atoms with Gasteiger partial charge in [0, 0.05) is 36.1 Å². The van der Waals surface area contributed by atoms with E-state index in [0.717, 1.165) is 6.42 Å². The van der Waals surface area contributed by atoms with Crippen LogP contribution in [0.2, 0.25) is 0 Å². The lowest BCUT2D eigenvalue weighted by molar-refractivity contribution is 0.0950. The molecule has 0 unspecified atom stereocenters. The third-order valence-electron chi connectivity index (χ3n) is 4.11. The lowest BCUT2D eigenvalue weighted by atomic mass is 10.1. The van der Waals surface area contributed by atoms with E-state index in [1.807, 2.05) is 18.2 Å². The van der Waals surface area contributed by atoms with E-state index in [1.54, 1.807) is 41.6 Å². The highest BCUT2D eigenvalue weighted by Crippen LogP contribution is 2.40. The van der Waals surface area contributed by atoms with Gasteiger partial charge in [0.05, 0.1) is 0 Å². The Hall–Kier alpha value is -2.95. The van der Waals surface area contributed by atoms with Crippen molar-refractivity contribution < 1.29 is 4.79 Å². The highest BCUT2D eigenvalue weighted by molar-refractivity contribution is 5.95. The molecule has 0 radical (unpaired) electrons. The van der Waals surface area contributed by atoms with Gasteiger partial charge in [0.1, 0.15) is 12.1 Å².